The topological polar surface area (TPSA) is 63.5 Å². The standard InChI is InChI=1S/C17H19N3O2/c1-12-7-8-15(10-13(12)2)14(3)18-19-16(21)11-20-9-5-4-6-17(20)22/h4-10H,11H2,1-3H3,(H,19,21)/b18-14-. The normalized spacial score (nSPS) is 11.3. The Hall–Kier alpha value is -2.69. The molecule has 1 aromatic heterocycles. The fourth-order valence-corrected chi connectivity index (χ4v) is 1.96. The van der Waals surface area contributed by atoms with Crippen LogP contribution in [0.5, 0.6) is 0 Å². The molecule has 0 spiro atoms. The van der Waals surface area contributed by atoms with Gasteiger partial charge in [-0.2, -0.15) is 5.10 Å². The maximum absolute atomic E-state index is 11.8. The van der Waals surface area contributed by atoms with Crippen molar-refractivity contribution in [2.24, 2.45) is 5.10 Å². The summed E-state index contributed by atoms with van der Waals surface area (Å²) in [6.45, 7) is 5.86. The highest BCUT2D eigenvalue weighted by Crippen LogP contribution is 2.10. The van der Waals surface area contributed by atoms with Gasteiger partial charge in [0.1, 0.15) is 6.54 Å². The van der Waals surface area contributed by atoms with E-state index in [1.807, 2.05) is 39.0 Å². The van der Waals surface area contributed by atoms with Crippen LogP contribution in [0.3, 0.4) is 0 Å². The van der Waals surface area contributed by atoms with E-state index in [4.69, 9.17) is 0 Å². The number of hydrogen-bond donors (Lipinski definition) is 1. The van der Waals surface area contributed by atoms with Gasteiger partial charge in [0.25, 0.3) is 11.5 Å². The van der Waals surface area contributed by atoms with Gasteiger partial charge in [-0.05, 0) is 49.6 Å². The largest absolute Gasteiger partial charge is 0.306 e. The fraction of sp³-hybridized carbons (Fsp3) is 0.235. The number of nitrogens with one attached hydrogen (secondary N) is 1. The molecular formula is C17H19N3O2. The van der Waals surface area contributed by atoms with Crippen LogP contribution in [0.4, 0.5) is 0 Å². The number of rotatable bonds is 4. The summed E-state index contributed by atoms with van der Waals surface area (Å²) >= 11 is 0. The molecule has 114 valence electrons. The molecule has 22 heavy (non-hydrogen) atoms. The van der Waals surface area contributed by atoms with Crippen LogP contribution in [-0.2, 0) is 11.3 Å². The van der Waals surface area contributed by atoms with Crippen molar-refractivity contribution in [3.05, 3.63) is 69.6 Å². The Balaban J connectivity index is 2.04. The molecule has 1 amide bonds. The zero-order valence-corrected chi connectivity index (χ0v) is 13.0. The van der Waals surface area contributed by atoms with Crippen molar-refractivity contribution >= 4 is 11.6 Å². The molecule has 2 rings (SSSR count). The second-order valence-corrected chi connectivity index (χ2v) is 5.20. The van der Waals surface area contributed by atoms with Crippen LogP contribution in [0.2, 0.25) is 0 Å². The Morgan fingerprint density at radius 2 is 1.95 bits per heavy atom. The first-order chi connectivity index (χ1) is 10.5. The van der Waals surface area contributed by atoms with Crippen LogP contribution < -0.4 is 11.0 Å². The second kappa shape index (κ2) is 6.85. The lowest BCUT2D eigenvalue weighted by atomic mass is 10.0. The van der Waals surface area contributed by atoms with E-state index in [1.165, 1.54) is 21.8 Å². The van der Waals surface area contributed by atoms with Gasteiger partial charge in [0.05, 0.1) is 5.71 Å². The Kier molecular flexibility index (Phi) is 4.88. The lowest BCUT2D eigenvalue weighted by Gasteiger charge is -2.06. The summed E-state index contributed by atoms with van der Waals surface area (Å²) in [5.41, 5.74) is 6.33. The van der Waals surface area contributed by atoms with Gasteiger partial charge < -0.3 is 4.57 Å². The lowest BCUT2D eigenvalue weighted by molar-refractivity contribution is -0.121. The molecule has 0 aliphatic heterocycles. The first kappa shape index (κ1) is 15.7. The van der Waals surface area contributed by atoms with Gasteiger partial charge in [-0.15, -0.1) is 0 Å². The van der Waals surface area contributed by atoms with Crippen molar-refractivity contribution in [1.82, 2.24) is 9.99 Å². The Labute approximate surface area is 129 Å². The third-order valence-corrected chi connectivity index (χ3v) is 3.49. The van der Waals surface area contributed by atoms with E-state index in [0.717, 1.165) is 11.3 Å². The molecule has 1 N–H and O–H groups in total. The van der Waals surface area contributed by atoms with Crippen LogP contribution >= 0.6 is 0 Å². The van der Waals surface area contributed by atoms with Gasteiger partial charge in [-0.25, -0.2) is 5.43 Å². The molecule has 0 unspecified atom stereocenters. The summed E-state index contributed by atoms with van der Waals surface area (Å²) in [7, 11) is 0. The van der Waals surface area contributed by atoms with Gasteiger partial charge in [-0.3, -0.25) is 9.59 Å². The minimum absolute atomic E-state index is 0.0522. The second-order valence-electron chi connectivity index (χ2n) is 5.20. The van der Waals surface area contributed by atoms with Crippen molar-refractivity contribution in [3.63, 3.8) is 0 Å². The van der Waals surface area contributed by atoms with Crippen molar-refractivity contribution in [1.29, 1.82) is 0 Å². The van der Waals surface area contributed by atoms with E-state index in [0.29, 0.717) is 0 Å². The van der Waals surface area contributed by atoms with Crippen molar-refractivity contribution < 1.29 is 4.79 Å². The quantitative estimate of drug-likeness (QED) is 0.693. The highest BCUT2D eigenvalue weighted by molar-refractivity contribution is 5.99. The van der Waals surface area contributed by atoms with E-state index >= 15 is 0 Å². The Morgan fingerprint density at radius 3 is 2.64 bits per heavy atom. The molecule has 0 saturated carbocycles. The van der Waals surface area contributed by atoms with E-state index in [1.54, 1.807) is 18.3 Å². The monoisotopic (exact) mass is 297 g/mol. The molecule has 0 fully saturated rings. The van der Waals surface area contributed by atoms with Gasteiger partial charge >= 0.3 is 0 Å². The van der Waals surface area contributed by atoms with Crippen LogP contribution in [0.1, 0.15) is 23.6 Å². The molecule has 2 aromatic rings. The predicted octanol–water partition coefficient (Wildman–Crippen LogP) is 2.01. The van der Waals surface area contributed by atoms with Crippen molar-refractivity contribution in [2.75, 3.05) is 0 Å². The molecule has 0 radical (unpaired) electrons. The van der Waals surface area contributed by atoms with Crippen LogP contribution in [-0.4, -0.2) is 16.2 Å². The lowest BCUT2D eigenvalue weighted by Crippen LogP contribution is -2.29. The number of carbonyl (C=O) groups excluding carboxylic acids is 1. The average molecular weight is 297 g/mol. The summed E-state index contributed by atoms with van der Waals surface area (Å²) in [6, 6.07) is 10.8. The Bertz CT molecular complexity index is 775. The van der Waals surface area contributed by atoms with Crippen molar-refractivity contribution in [2.45, 2.75) is 27.3 Å². The summed E-state index contributed by atoms with van der Waals surface area (Å²) in [6.07, 6.45) is 1.57. The molecule has 0 aliphatic carbocycles. The number of aromatic nitrogens is 1. The molecule has 0 aliphatic rings. The number of carbonyl (C=O) groups is 1. The van der Waals surface area contributed by atoms with Gasteiger partial charge in [-0.1, -0.05) is 18.2 Å². The van der Waals surface area contributed by atoms with E-state index in [-0.39, 0.29) is 18.0 Å². The highest BCUT2D eigenvalue weighted by atomic mass is 16.2. The smallest absolute Gasteiger partial charge is 0.260 e. The van der Waals surface area contributed by atoms with Gasteiger partial charge in [0.15, 0.2) is 0 Å². The number of hydrogen-bond acceptors (Lipinski definition) is 3. The summed E-state index contributed by atoms with van der Waals surface area (Å²) in [4.78, 5) is 23.4. The third kappa shape index (κ3) is 3.91. The molecule has 1 heterocycles. The summed E-state index contributed by atoms with van der Waals surface area (Å²) in [5, 5.41) is 4.09. The number of aryl methyl sites for hydroxylation is 2. The molecule has 5 nitrogen and oxygen atoms in total. The minimum atomic E-state index is -0.337. The molecule has 0 bridgehead atoms. The molecular weight excluding hydrogens is 278 g/mol. The molecule has 5 heteroatoms. The first-order valence-corrected chi connectivity index (χ1v) is 7.03. The fourth-order valence-electron chi connectivity index (χ4n) is 1.96. The molecule has 1 aromatic carbocycles. The van der Waals surface area contributed by atoms with Crippen molar-refractivity contribution in [3.8, 4) is 0 Å². The predicted molar refractivity (Wildman–Crippen MR) is 87.0 cm³/mol. The molecule has 0 saturated heterocycles. The van der Waals surface area contributed by atoms with Gasteiger partial charge in [0.2, 0.25) is 0 Å². The first-order valence-electron chi connectivity index (χ1n) is 7.03. The van der Waals surface area contributed by atoms with Gasteiger partial charge in [0, 0.05) is 12.3 Å². The Morgan fingerprint density at radius 1 is 1.18 bits per heavy atom. The number of hydrazone groups is 1. The third-order valence-electron chi connectivity index (χ3n) is 3.49. The van der Waals surface area contributed by atoms with Crippen LogP contribution in [0.25, 0.3) is 0 Å². The number of benzene rings is 1. The molecule has 0 atom stereocenters. The van der Waals surface area contributed by atoms with E-state index in [2.05, 4.69) is 10.5 Å². The minimum Gasteiger partial charge on any atom is -0.306 e. The SMILES string of the molecule is C/C(=N/NC(=O)Cn1ccccc1=O)c1ccc(C)c(C)c1. The average Bonchev–Trinajstić information content (AvgIpc) is 2.50. The summed E-state index contributed by atoms with van der Waals surface area (Å²) < 4.78 is 1.33. The maximum Gasteiger partial charge on any atom is 0.260 e. The zero-order chi connectivity index (χ0) is 16.1. The van der Waals surface area contributed by atoms with E-state index < -0.39 is 0 Å². The maximum atomic E-state index is 11.8. The van der Waals surface area contributed by atoms with E-state index in [9.17, 15) is 9.59 Å². The number of nitrogens with zero attached hydrogens (tertiary/aromatic N) is 2. The van der Waals surface area contributed by atoms with Crippen LogP contribution in [0.15, 0.2) is 52.5 Å². The highest BCUT2D eigenvalue weighted by Gasteiger charge is 2.04. The zero-order valence-electron chi connectivity index (χ0n) is 13.0. The number of amides is 1. The number of pyridine rings is 1. The summed E-state index contributed by atoms with van der Waals surface area (Å²) in [5.74, 6) is -0.337. The van der Waals surface area contributed by atoms with Crippen LogP contribution in [0, 0.1) is 13.8 Å².